The van der Waals surface area contributed by atoms with Crippen LogP contribution in [-0.2, 0) is 0 Å². The first-order valence-electron chi connectivity index (χ1n) is 7.25. The maximum Gasteiger partial charge on any atom is 0.251 e. The normalized spacial score (nSPS) is 11.7. The van der Waals surface area contributed by atoms with Crippen LogP contribution in [0.25, 0.3) is 5.69 Å². The van der Waals surface area contributed by atoms with E-state index in [2.05, 4.69) is 34.1 Å². The molecular formula is C16H23N5O. The first kappa shape index (κ1) is 16.2. The Morgan fingerprint density at radius 1 is 1.27 bits per heavy atom. The molecule has 2 aromatic rings. The van der Waals surface area contributed by atoms with Crippen LogP contribution in [0.5, 0.6) is 0 Å². The number of benzene rings is 1. The molecule has 0 bridgehead atoms. The fraction of sp³-hybridized carbons (Fsp3) is 0.438. The summed E-state index contributed by atoms with van der Waals surface area (Å²) in [5.41, 5.74) is 1.55. The Morgan fingerprint density at radius 3 is 2.50 bits per heavy atom. The van der Waals surface area contributed by atoms with Crippen LogP contribution < -0.4 is 5.32 Å². The molecule has 118 valence electrons. The van der Waals surface area contributed by atoms with Crippen molar-refractivity contribution in [3.8, 4) is 5.69 Å². The number of carbonyl (C=O) groups is 1. The summed E-state index contributed by atoms with van der Waals surface area (Å²) in [5, 5.41) is 7.06. The highest BCUT2D eigenvalue weighted by atomic mass is 16.1. The maximum absolute atomic E-state index is 12.2. The Labute approximate surface area is 131 Å². The molecule has 0 radical (unpaired) electrons. The van der Waals surface area contributed by atoms with Gasteiger partial charge in [-0.05, 0) is 43.8 Å². The van der Waals surface area contributed by atoms with E-state index in [-0.39, 0.29) is 11.3 Å². The van der Waals surface area contributed by atoms with Crippen LogP contribution in [0.15, 0.2) is 36.9 Å². The highest BCUT2D eigenvalue weighted by Gasteiger charge is 2.20. The van der Waals surface area contributed by atoms with Crippen LogP contribution in [0.2, 0.25) is 0 Å². The number of carbonyl (C=O) groups excluding carboxylic acids is 1. The van der Waals surface area contributed by atoms with Gasteiger partial charge in [0.1, 0.15) is 12.7 Å². The molecule has 0 atom stereocenters. The van der Waals surface area contributed by atoms with Crippen LogP contribution in [0.4, 0.5) is 0 Å². The Balaban J connectivity index is 1.96. The van der Waals surface area contributed by atoms with Crippen molar-refractivity contribution in [1.29, 1.82) is 0 Å². The van der Waals surface area contributed by atoms with Crippen LogP contribution in [0.1, 0.15) is 24.2 Å². The lowest BCUT2D eigenvalue weighted by atomic mass is 9.93. The third-order valence-corrected chi connectivity index (χ3v) is 3.28. The summed E-state index contributed by atoms with van der Waals surface area (Å²) in [6, 6.07) is 7.31. The number of aromatic nitrogens is 3. The zero-order valence-corrected chi connectivity index (χ0v) is 13.6. The van der Waals surface area contributed by atoms with Crippen molar-refractivity contribution >= 4 is 5.91 Å². The summed E-state index contributed by atoms with van der Waals surface area (Å²) in [4.78, 5) is 18.2. The highest BCUT2D eigenvalue weighted by Crippen LogP contribution is 2.15. The van der Waals surface area contributed by atoms with Gasteiger partial charge in [-0.25, -0.2) is 9.67 Å². The lowest BCUT2D eigenvalue weighted by Crippen LogP contribution is -2.39. The zero-order chi connectivity index (χ0) is 16.2. The van der Waals surface area contributed by atoms with Gasteiger partial charge in [0.05, 0.1) is 5.69 Å². The number of rotatable bonds is 6. The quantitative estimate of drug-likeness (QED) is 0.880. The lowest BCUT2D eigenvalue weighted by Gasteiger charge is -2.28. The van der Waals surface area contributed by atoms with E-state index in [1.54, 1.807) is 23.1 Å². The van der Waals surface area contributed by atoms with E-state index in [9.17, 15) is 4.79 Å². The van der Waals surface area contributed by atoms with Gasteiger partial charge in [0.25, 0.3) is 5.91 Å². The molecule has 0 spiro atoms. The molecule has 0 saturated heterocycles. The van der Waals surface area contributed by atoms with E-state index in [1.807, 2.05) is 26.2 Å². The van der Waals surface area contributed by atoms with Crippen molar-refractivity contribution in [2.24, 2.45) is 5.41 Å². The van der Waals surface area contributed by atoms with Gasteiger partial charge in [-0.15, -0.1) is 0 Å². The standard InChI is InChI=1S/C16H23N5O/c1-16(2,10-20(3)4)9-18-15(22)13-5-7-14(8-6-13)21-12-17-11-19-21/h5-8,11-12H,9-10H2,1-4H3,(H,18,22). The Morgan fingerprint density at radius 2 is 1.95 bits per heavy atom. The topological polar surface area (TPSA) is 63.1 Å². The Kier molecular flexibility index (Phi) is 4.92. The van der Waals surface area contributed by atoms with Gasteiger partial charge in [-0.2, -0.15) is 5.10 Å². The van der Waals surface area contributed by atoms with E-state index in [4.69, 9.17) is 0 Å². The summed E-state index contributed by atoms with van der Waals surface area (Å²) in [6.45, 7) is 5.83. The van der Waals surface area contributed by atoms with E-state index < -0.39 is 0 Å². The van der Waals surface area contributed by atoms with Crippen molar-refractivity contribution in [2.45, 2.75) is 13.8 Å². The molecule has 0 aliphatic rings. The number of hydrogen-bond acceptors (Lipinski definition) is 4. The summed E-state index contributed by atoms with van der Waals surface area (Å²) < 4.78 is 1.65. The summed E-state index contributed by atoms with van der Waals surface area (Å²) in [5.74, 6) is -0.0584. The molecule has 0 fully saturated rings. The Bertz CT molecular complexity index is 602. The van der Waals surface area contributed by atoms with Crippen molar-refractivity contribution in [3.63, 3.8) is 0 Å². The fourth-order valence-corrected chi connectivity index (χ4v) is 2.44. The number of hydrogen-bond donors (Lipinski definition) is 1. The monoisotopic (exact) mass is 301 g/mol. The highest BCUT2D eigenvalue weighted by molar-refractivity contribution is 5.94. The predicted octanol–water partition coefficient (Wildman–Crippen LogP) is 1.58. The average molecular weight is 301 g/mol. The largest absolute Gasteiger partial charge is 0.351 e. The molecule has 1 heterocycles. The second-order valence-corrected chi connectivity index (χ2v) is 6.47. The molecule has 0 saturated carbocycles. The fourth-order valence-electron chi connectivity index (χ4n) is 2.44. The van der Waals surface area contributed by atoms with Gasteiger partial charge in [0, 0.05) is 18.7 Å². The number of amides is 1. The first-order chi connectivity index (χ1) is 10.4. The third kappa shape index (κ3) is 4.39. The minimum atomic E-state index is -0.0584. The Hall–Kier alpha value is -2.21. The van der Waals surface area contributed by atoms with Gasteiger partial charge in [0.2, 0.25) is 0 Å². The van der Waals surface area contributed by atoms with Crippen molar-refractivity contribution in [1.82, 2.24) is 25.0 Å². The molecule has 1 N–H and O–H groups in total. The van der Waals surface area contributed by atoms with Crippen LogP contribution in [-0.4, -0.2) is 52.8 Å². The molecule has 0 unspecified atom stereocenters. The number of nitrogens with one attached hydrogen (secondary N) is 1. The molecule has 0 aliphatic heterocycles. The van der Waals surface area contributed by atoms with E-state index >= 15 is 0 Å². The van der Waals surface area contributed by atoms with Crippen LogP contribution >= 0.6 is 0 Å². The molecule has 6 heteroatoms. The molecule has 6 nitrogen and oxygen atoms in total. The SMILES string of the molecule is CN(C)CC(C)(C)CNC(=O)c1ccc(-n2cncn2)cc1. The van der Waals surface area contributed by atoms with Crippen molar-refractivity contribution in [3.05, 3.63) is 42.5 Å². The summed E-state index contributed by atoms with van der Waals surface area (Å²) >= 11 is 0. The first-order valence-corrected chi connectivity index (χ1v) is 7.25. The van der Waals surface area contributed by atoms with Gasteiger partial charge in [0.15, 0.2) is 0 Å². The van der Waals surface area contributed by atoms with Crippen LogP contribution in [0.3, 0.4) is 0 Å². The molecular weight excluding hydrogens is 278 g/mol. The van der Waals surface area contributed by atoms with Gasteiger partial charge in [-0.1, -0.05) is 13.8 Å². The molecule has 22 heavy (non-hydrogen) atoms. The van der Waals surface area contributed by atoms with Crippen LogP contribution in [0, 0.1) is 5.41 Å². The maximum atomic E-state index is 12.2. The smallest absolute Gasteiger partial charge is 0.251 e. The average Bonchev–Trinajstić information content (AvgIpc) is 2.98. The zero-order valence-electron chi connectivity index (χ0n) is 13.6. The second kappa shape index (κ2) is 6.70. The van der Waals surface area contributed by atoms with E-state index in [0.29, 0.717) is 12.1 Å². The summed E-state index contributed by atoms with van der Waals surface area (Å²) in [6.07, 6.45) is 3.10. The summed E-state index contributed by atoms with van der Waals surface area (Å²) in [7, 11) is 4.07. The molecule has 1 amide bonds. The number of nitrogens with zero attached hydrogens (tertiary/aromatic N) is 4. The molecule has 1 aromatic heterocycles. The third-order valence-electron chi connectivity index (χ3n) is 3.28. The lowest BCUT2D eigenvalue weighted by molar-refractivity contribution is 0.0929. The molecule has 2 rings (SSSR count). The van der Waals surface area contributed by atoms with Gasteiger partial charge >= 0.3 is 0 Å². The molecule has 1 aromatic carbocycles. The van der Waals surface area contributed by atoms with E-state index in [1.165, 1.54) is 6.33 Å². The predicted molar refractivity (Wildman–Crippen MR) is 86.0 cm³/mol. The van der Waals surface area contributed by atoms with Gasteiger partial charge < -0.3 is 10.2 Å². The minimum absolute atomic E-state index is 0.0276. The van der Waals surface area contributed by atoms with Gasteiger partial charge in [-0.3, -0.25) is 4.79 Å². The van der Waals surface area contributed by atoms with E-state index in [0.717, 1.165) is 12.2 Å². The second-order valence-electron chi connectivity index (χ2n) is 6.47. The van der Waals surface area contributed by atoms with Crippen molar-refractivity contribution in [2.75, 3.05) is 27.2 Å². The minimum Gasteiger partial charge on any atom is -0.351 e. The molecule has 0 aliphatic carbocycles. The van der Waals surface area contributed by atoms with Crippen molar-refractivity contribution < 1.29 is 4.79 Å².